The highest BCUT2D eigenvalue weighted by Crippen LogP contribution is 2.44. The van der Waals surface area contributed by atoms with Crippen LogP contribution in [0.15, 0.2) is 0 Å². The van der Waals surface area contributed by atoms with E-state index in [4.69, 9.17) is 5.73 Å². The molecule has 1 amide bonds. The lowest BCUT2D eigenvalue weighted by Crippen LogP contribution is -2.49. The Balaban J connectivity index is 4.88. The van der Waals surface area contributed by atoms with Crippen LogP contribution in [-0.2, 0) is 4.79 Å². The van der Waals surface area contributed by atoms with Crippen molar-refractivity contribution in [2.45, 2.75) is 65.2 Å². The molecule has 1 atom stereocenters. The molecule has 0 saturated carbocycles. The van der Waals surface area contributed by atoms with Gasteiger partial charge in [-0.05, 0) is 12.8 Å². The van der Waals surface area contributed by atoms with Crippen LogP contribution in [-0.4, -0.2) is 11.8 Å². The molecule has 0 fully saturated rings. The summed E-state index contributed by atoms with van der Waals surface area (Å²) in [4.78, 5) is 11.4. The molecule has 0 aliphatic rings. The molecule has 0 aliphatic heterocycles. The smallest absolute Gasteiger partial charge is 0.259 e. The second-order valence-corrected chi connectivity index (χ2v) is 4.54. The fraction of sp³-hybridized carbons (Fsp3) is 0.917. The molecule has 16 heavy (non-hydrogen) atoms. The molecule has 0 spiro atoms. The molecule has 0 radical (unpaired) electrons. The second-order valence-electron chi connectivity index (χ2n) is 4.54. The lowest BCUT2D eigenvalue weighted by Gasteiger charge is -2.35. The van der Waals surface area contributed by atoms with E-state index in [1.807, 2.05) is 6.92 Å². The monoisotopic (exact) mass is 235 g/mol. The van der Waals surface area contributed by atoms with E-state index in [0.717, 1.165) is 19.8 Å². The predicted molar refractivity (Wildman–Crippen MR) is 61.3 cm³/mol. The van der Waals surface area contributed by atoms with E-state index < -0.39 is 17.2 Å². The average molecular weight is 235 g/mol. The standard InChI is InChI=1S/C12H23F2NO/c1-4-6-7-9-12(8-5-2,10(15)16)11(3,13)14/h4-9H2,1-3H3,(H2,15,16). The number of nitrogens with two attached hydrogens (primary N) is 1. The van der Waals surface area contributed by atoms with E-state index in [-0.39, 0.29) is 12.8 Å². The summed E-state index contributed by atoms with van der Waals surface area (Å²) in [7, 11) is 0. The van der Waals surface area contributed by atoms with Crippen LogP contribution in [0.4, 0.5) is 8.78 Å². The number of alkyl halides is 2. The van der Waals surface area contributed by atoms with E-state index in [1.165, 1.54) is 0 Å². The quantitative estimate of drug-likeness (QED) is 0.643. The highest BCUT2D eigenvalue weighted by Gasteiger charge is 2.53. The minimum absolute atomic E-state index is 0.162. The van der Waals surface area contributed by atoms with Gasteiger partial charge in [-0.1, -0.05) is 39.5 Å². The van der Waals surface area contributed by atoms with E-state index in [2.05, 4.69) is 0 Å². The third-order valence-electron chi connectivity index (χ3n) is 3.20. The summed E-state index contributed by atoms with van der Waals surface area (Å²) >= 11 is 0. The van der Waals surface area contributed by atoms with Gasteiger partial charge in [0.15, 0.2) is 0 Å². The number of hydrogen-bond donors (Lipinski definition) is 1. The van der Waals surface area contributed by atoms with Gasteiger partial charge >= 0.3 is 0 Å². The number of rotatable bonds is 8. The summed E-state index contributed by atoms with van der Waals surface area (Å²) in [5.41, 5.74) is 3.55. The van der Waals surface area contributed by atoms with Crippen LogP contribution in [0.1, 0.15) is 59.3 Å². The molecular weight excluding hydrogens is 212 g/mol. The maximum atomic E-state index is 13.6. The lowest BCUT2D eigenvalue weighted by atomic mass is 9.73. The Labute approximate surface area is 96.6 Å². The zero-order valence-electron chi connectivity index (χ0n) is 10.5. The van der Waals surface area contributed by atoms with Gasteiger partial charge in [0.05, 0.1) is 0 Å². The third kappa shape index (κ3) is 3.42. The molecule has 0 bridgehead atoms. The molecule has 2 N–H and O–H groups in total. The topological polar surface area (TPSA) is 43.1 Å². The molecular formula is C12H23F2NO. The zero-order chi connectivity index (χ0) is 12.8. The SMILES string of the molecule is CCCCCC(CCC)(C(N)=O)C(C)(F)F. The van der Waals surface area contributed by atoms with E-state index in [0.29, 0.717) is 12.8 Å². The van der Waals surface area contributed by atoms with Gasteiger partial charge in [-0.3, -0.25) is 4.79 Å². The van der Waals surface area contributed by atoms with Crippen molar-refractivity contribution in [3.05, 3.63) is 0 Å². The average Bonchev–Trinajstić information content (AvgIpc) is 2.14. The number of amides is 1. The van der Waals surface area contributed by atoms with Crippen LogP contribution < -0.4 is 5.73 Å². The normalized spacial score (nSPS) is 15.8. The third-order valence-corrected chi connectivity index (χ3v) is 3.20. The molecule has 96 valence electrons. The van der Waals surface area contributed by atoms with Crippen molar-refractivity contribution >= 4 is 5.91 Å². The van der Waals surface area contributed by atoms with E-state index in [9.17, 15) is 13.6 Å². The minimum atomic E-state index is -3.04. The summed E-state index contributed by atoms with van der Waals surface area (Å²) in [6, 6.07) is 0. The van der Waals surface area contributed by atoms with Gasteiger partial charge in [0.25, 0.3) is 5.92 Å². The van der Waals surface area contributed by atoms with Crippen molar-refractivity contribution in [3.8, 4) is 0 Å². The summed E-state index contributed by atoms with van der Waals surface area (Å²) < 4.78 is 27.2. The molecule has 0 heterocycles. The number of halogens is 2. The second kappa shape index (κ2) is 6.16. The number of hydrogen-bond acceptors (Lipinski definition) is 1. The van der Waals surface area contributed by atoms with Gasteiger partial charge in [0, 0.05) is 6.92 Å². The van der Waals surface area contributed by atoms with E-state index >= 15 is 0 Å². The fourth-order valence-electron chi connectivity index (χ4n) is 2.13. The molecule has 0 aromatic rings. The van der Waals surface area contributed by atoms with Gasteiger partial charge in [-0.25, -0.2) is 8.78 Å². The first-order valence-corrected chi connectivity index (χ1v) is 5.99. The summed E-state index contributed by atoms with van der Waals surface area (Å²) in [5, 5.41) is 0. The Morgan fingerprint density at radius 1 is 1.12 bits per heavy atom. The van der Waals surface area contributed by atoms with Crippen LogP contribution >= 0.6 is 0 Å². The highest BCUT2D eigenvalue weighted by molar-refractivity contribution is 5.82. The Morgan fingerprint density at radius 2 is 1.69 bits per heavy atom. The number of unbranched alkanes of at least 4 members (excludes halogenated alkanes) is 2. The first kappa shape index (κ1) is 15.3. The molecule has 0 saturated heterocycles. The maximum Gasteiger partial charge on any atom is 0.259 e. The van der Waals surface area contributed by atoms with Crippen molar-refractivity contribution in [1.82, 2.24) is 0 Å². The molecule has 4 heteroatoms. The van der Waals surface area contributed by atoms with Crippen LogP contribution in [0.5, 0.6) is 0 Å². The summed E-state index contributed by atoms with van der Waals surface area (Å²) in [6.45, 7) is 4.60. The van der Waals surface area contributed by atoms with Crippen LogP contribution in [0.3, 0.4) is 0 Å². The first-order valence-electron chi connectivity index (χ1n) is 5.99. The largest absolute Gasteiger partial charge is 0.369 e. The van der Waals surface area contributed by atoms with Crippen LogP contribution in [0.2, 0.25) is 0 Å². The molecule has 0 aromatic heterocycles. The zero-order valence-corrected chi connectivity index (χ0v) is 10.5. The van der Waals surface area contributed by atoms with Crippen LogP contribution in [0, 0.1) is 5.41 Å². The van der Waals surface area contributed by atoms with E-state index in [1.54, 1.807) is 6.92 Å². The Bertz CT molecular complexity index is 226. The van der Waals surface area contributed by atoms with Gasteiger partial charge in [-0.15, -0.1) is 0 Å². The molecule has 0 aliphatic carbocycles. The summed E-state index contributed by atoms with van der Waals surface area (Å²) in [5.74, 6) is -3.90. The predicted octanol–water partition coefficient (Wildman–Crippen LogP) is 3.49. The number of primary amides is 1. The highest BCUT2D eigenvalue weighted by atomic mass is 19.3. The fourth-order valence-corrected chi connectivity index (χ4v) is 2.13. The van der Waals surface area contributed by atoms with Crippen LogP contribution in [0.25, 0.3) is 0 Å². The Hall–Kier alpha value is -0.670. The van der Waals surface area contributed by atoms with Crippen molar-refractivity contribution in [2.75, 3.05) is 0 Å². The van der Waals surface area contributed by atoms with Crippen molar-refractivity contribution in [3.63, 3.8) is 0 Å². The van der Waals surface area contributed by atoms with Gasteiger partial charge in [0.2, 0.25) is 5.91 Å². The molecule has 0 aromatic carbocycles. The van der Waals surface area contributed by atoms with Crippen molar-refractivity contribution in [1.29, 1.82) is 0 Å². The number of carbonyl (C=O) groups is 1. The molecule has 0 rings (SSSR count). The lowest BCUT2D eigenvalue weighted by molar-refractivity contribution is -0.158. The molecule has 1 unspecified atom stereocenters. The van der Waals surface area contributed by atoms with Gasteiger partial charge < -0.3 is 5.73 Å². The van der Waals surface area contributed by atoms with Crippen molar-refractivity contribution < 1.29 is 13.6 Å². The van der Waals surface area contributed by atoms with Gasteiger partial charge in [-0.2, -0.15) is 0 Å². The Morgan fingerprint density at radius 3 is 2.00 bits per heavy atom. The Kier molecular flexibility index (Phi) is 5.90. The van der Waals surface area contributed by atoms with Gasteiger partial charge in [0.1, 0.15) is 5.41 Å². The maximum absolute atomic E-state index is 13.6. The number of carbonyl (C=O) groups excluding carboxylic acids is 1. The minimum Gasteiger partial charge on any atom is -0.369 e. The first-order chi connectivity index (χ1) is 7.31. The van der Waals surface area contributed by atoms with Crippen molar-refractivity contribution in [2.24, 2.45) is 11.1 Å². The molecule has 2 nitrogen and oxygen atoms in total. The summed E-state index contributed by atoms with van der Waals surface area (Å²) in [6.07, 6.45) is 3.31.